The molecule has 0 bridgehead atoms. The normalized spacial score (nSPS) is 17.7. The fourth-order valence-electron chi connectivity index (χ4n) is 2.82. The van der Waals surface area contributed by atoms with E-state index in [0.29, 0.717) is 18.7 Å². The minimum atomic E-state index is -3.55. The van der Waals surface area contributed by atoms with E-state index in [1.54, 1.807) is 6.07 Å². The van der Waals surface area contributed by atoms with Crippen LogP contribution >= 0.6 is 11.8 Å². The second-order valence-corrected chi connectivity index (χ2v) is 8.83. The number of rotatable bonds is 5. The van der Waals surface area contributed by atoms with E-state index in [1.165, 1.54) is 23.9 Å². The fraction of sp³-hybridized carbons (Fsp3) is 0.533. The maximum Gasteiger partial charge on any atom is 0.241 e. The minimum absolute atomic E-state index is 0.109. The first-order valence-electron chi connectivity index (χ1n) is 7.31. The number of hydrogen-bond acceptors (Lipinski definition) is 5. The first kappa shape index (κ1) is 18.2. The standard InChI is InChI=1S/C15H21FN2O3S2/c1-22-13-4-3-12(16)9-11(13)10-18-14(19)15(23(2,20)21)5-7-17-8-6-15/h3-4,9,17H,5-8,10H2,1-2H3,(H,18,19). The highest BCUT2D eigenvalue weighted by atomic mass is 32.2. The quantitative estimate of drug-likeness (QED) is 0.775. The van der Waals surface area contributed by atoms with Crippen molar-refractivity contribution in [3.63, 3.8) is 0 Å². The number of carbonyl (C=O) groups is 1. The average Bonchev–Trinajstić information content (AvgIpc) is 2.52. The zero-order chi connectivity index (χ0) is 17.1. The molecular formula is C15H21FN2O3S2. The molecule has 0 aromatic heterocycles. The second kappa shape index (κ2) is 7.19. The van der Waals surface area contributed by atoms with Crippen LogP contribution < -0.4 is 10.6 Å². The molecule has 0 unspecified atom stereocenters. The molecular weight excluding hydrogens is 339 g/mol. The lowest BCUT2D eigenvalue weighted by atomic mass is 9.95. The number of halogens is 1. The summed E-state index contributed by atoms with van der Waals surface area (Å²) in [4.78, 5) is 13.5. The van der Waals surface area contributed by atoms with Crippen molar-refractivity contribution in [2.75, 3.05) is 25.6 Å². The van der Waals surface area contributed by atoms with Gasteiger partial charge in [-0.25, -0.2) is 12.8 Å². The van der Waals surface area contributed by atoms with Crippen molar-refractivity contribution in [1.29, 1.82) is 0 Å². The van der Waals surface area contributed by atoms with Crippen LogP contribution in [0.25, 0.3) is 0 Å². The molecule has 1 heterocycles. The van der Waals surface area contributed by atoms with E-state index in [-0.39, 0.29) is 25.2 Å². The van der Waals surface area contributed by atoms with Crippen LogP contribution in [0.4, 0.5) is 4.39 Å². The summed E-state index contributed by atoms with van der Waals surface area (Å²) in [5.41, 5.74) is 0.642. The molecule has 5 nitrogen and oxygen atoms in total. The summed E-state index contributed by atoms with van der Waals surface area (Å²) in [6, 6.07) is 4.38. The Bertz CT molecular complexity index is 686. The molecule has 2 N–H and O–H groups in total. The topological polar surface area (TPSA) is 75.3 Å². The summed E-state index contributed by atoms with van der Waals surface area (Å²) in [5, 5.41) is 5.76. The summed E-state index contributed by atoms with van der Waals surface area (Å²) in [6.07, 6.45) is 3.46. The molecule has 0 spiro atoms. The Morgan fingerprint density at radius 2 is 2.04 bits per heavy atom. The smallest absolute Gasteiger partial charge is 0.241 e. The van der Waals surface area contributed by atoms with E-state index in [4.69, 9.17) is 0 Å². The zero-order valence-electron chi connectivity index (χ0n) is 13.2. The second-order valence-electron chi connectivity index (χ2n) is 5.66. The molecule has 0 atom stereocenters. The zero-order valence-corrected chi connectivity index (χ0v) is 14.8. The SMILES string of the molecule is CSc1ccc(F)cc1CNC(=O)C1(S(C)(=O)=O)CCNCC1. The molecule has 1 aromatic rings. The predicted octanol–water partition coefficient (Wildman–Crippen LogP) is 1.33. The Balaban J connectivity index is 2.19. The van der Waals surface area contributed by atoms with E-state index >= 15 is 0 Å². The average molecular weight is 360 g/mol. The number of sulfone groups is 1. The fourth-order valence-corrected chi connectivity index (χ4v) is 4.77. The number of amides is 1. The molecule has 1 amide bonds. The van der Waals surface area contributed by atoms with Crippen LogP contribution in [0.15, 0.2) is 23.1 Å². The number of benzene rings is 1. The first-order valence-corrected chi connectivity index (χ1v) is 10.4. The van der Waals surface area contributed by atoms with Gasteiger partial charge >= 0.3 is 0 Å². The number of thioether (sulfide) groups is 1. The molecule has 0 aliphatic carbocycles. The third-order valence-corrected chi connectivity index (χ3v) is 7.07. The van der Waals surface area contributed by atoms with Gasteiger partial charge in [-0.3, -0.25) is 4.79 Å². The van der Waals surface area contributed by atoms with Crippen LogP contribution in [0.2, 0.25) is 0 Å². The van der Waals surface area contributed by atoms with E-state index < -0.39 is 20.5 Å². The van der Waals surface area contributed by atoms with Gasteiger partial charge in [-0.05, 0) is 55.9 Å². The highest BCUT2D eigenvalue weighted by molar-refractivity contribution is 7.98. The Kier molecular flexibility index (Phi) is 5.70. The summed E-state index contributed by atoms with van der Waals surface area (Å²) >= 11 is 1.45. The number of nitrogens with one attached hydrogen (secondary N) is 2. The molecule has 1 aliphatic heterocycles. The maximum absolute atomic E-state index is 13.4. The van der Waals surface area contributed by atoms with Gasteiger partial charge in [0.05, 0.1) is 0 Å². The highest BCUT2D eigenvalue weighted by Gasteiger charge is 2.48. The Morgan fingerprint density at radius 1 is 1.39 bits per heavy atom. The molecule has 128 valence electrons. The predicted molar refractivity (Wildman–Crippen MR) is 89.7 cm³/mol. The third-order valence-electron chi connectivity index (χ3n) is 4.22. The molecule has 0 saturated carbocycles. The van der Waals surface area contributed by atoms with Gasteiger partial charge < -0.3 is 10.6 Å². The van der Waals surface area contributed by atoms with Crippen molar-refractivity contribution in [3.05, 3.63) is 29.6 Å². The van der Waals surface area contributed by atoms with Gasteiger partial charge in [0, 0.05) is 17.7 Å². The van der Waals surface area contributed by atoms with Crippen LogP contribution in [0.1, 0.15) is 18.4 Å². The van der Waals surface area contributed by atoms with Crippen molar-refractivity contribution >= 4 is 27.5 Å². The largest absolute Gasteiger partial charge is 0.351 e. The monoisotopic (exact) mass is 360 g/mol. The molecule has 1 aliphatic rings. The van der Waals surface area contributed by atoms with E-state index in [0.717, 1.165) is 11.2 Å². The Hall–Kier alpha value is -1.12. The van der Waals surface area contributed by atoms with E-state index in [9.17, 15) is 17.6 Å². The summed E-state index contributed by atoms with van der Waals surface area (Å²) in [7, 11) is -3.55. The molecule has 8 heteroatoms. The van der Waals surface area contributed by atoms with Crippen molar-refractivity contribution in [3.8, 4) is 0 Å². The van der Waals surface area contributed by atoms with Crippen LogP contribution in [0.3, 0.4) is 0 Å². The number of piperidine rings is 1. The lowest BCUT2D eigenvalue weighted by molar-refractivity contribution is -0.124. The van der Waals surface area contributed by atoms with Crippen molar-refractivity contribution in [2.45, 2.75) is 29.0 Å². The van der Waals surface area contributed by atoms with Gasteiger partial charge in [0.15, 0.2) is 14.6 Å². The molecule has 23 heavy (non-hydrogen) atoms. The molecule has 0 radical (unpaired) electrons. The molecule has 1 saturated heterocycles. The number of hydrogen-bond donors (Lipinski definition) is 2. The van der Waals surface area contributed by atoms with Crippen LogP contribution in [0, 0.1) is 5.82 Å². The third kappa shape index (κ3) is 3.87. The summed E-state index contributed by atoms with van der Waals surface area (Å²) < 4.78 is 36.4. The number of carbonyl (C=O) groups excluding carboxylic acids is 1. The maximum atomic E-state index is 13.4. The van der Waals surface area contributed by atoms with Gasteiger partial charge in [0.1, 0.15) is 5.82 Å². The van der Waals surface area contributed by atoms with Crippen LogP contribution in [0.5, 0.6) is 0 Å². The minimum Gasteiger partial charge on any atom is -0.351 e. The lowest BCUT2D eigenvalue weighted by Gasteiger charge is -2.34. The molecule has 2 rings (SSSR count). The van der Waals surface area contributed by atoms with E-state index in [2.05, 4.69) is 10.6 Å². The van der Waals surface area contributed by atoms with Gasteiger partial charge in [0.25, 0.3) is 0 Å². The lowest BCUT2D eigenvalue weighted by Crippen LogP contribution is -2.57. The van der Waals surface area contributed by atoms with E-state index in [1.807, 2.05) is 6.26 Å². The van der Waals surface area contributed by atoms with Gasteiger partial charge in [0.2, 0.25) is 5.91 Å². The van der Waals surface area contributed by atoms with Crippen LogP contribution in [-0.4, -0.2) is 44.7 Å². The van der Waals surface area contributed by atoms with Crippen molar-refractivity contribution in [2.24, 2.45) is 0 Å². The first-order chi connectivity index (χ1) is 10.8. The van der Waals surface area contributed by atoms with Crippen LogP contribution in [-0.2, 0) is 21.2 Å². The van der Waals surface area contributed by atoms with Gasteiger partial charge in [-0.1, -0.05) is 0 Å². The Labute approximate surface area is 140 Å². The molecule has 1 aromatic carbocycles. The van der Waals surface area contributed by atoms with Crippen molar-refractivity contribution in [1.82, 2.24) is 10.6 Å². The Morgan fingerprint density at radius 3 is 2.61 bits per heavy atom. The summed E-state index contributed by atoms with van der Waals surface area (Å²) in [5.74, 6) is -0.885. The highest BCUT2D eigenvalue weighted by Crippen LogP contribution is 2.28. The molecule has 1 fully saturated rings. The van der Waals surface area contributed by atoms with Gasteiger partial charge in [-0.15, -0.1) is 11.8 Å². The van der Waals surface area contributed by atoms with Crippen molar-refractivity contribution < 1.29 is 17.6 Å². The van der Waals surface area contributed by atoms with Gasteiger partial charge in [-0.2, -0.15) is 0 Å². The summed E-state index contributed by atoms with van der Waals surface area (Å²) in [6.45, 7) is 1.07.